The Morgan fingerprint density at radius 2 is 1.92 bits per heavy atom. The minimum Gasteiger partial charge on any atom is -0.493 e. The summed E-state index contributed by atoms with van der Waals surface area (Å²) < 4.78 is 6.27. The number of aryl methyl sites for hydroxylation is 1. The van der Waals surface area contributed by atoms with E-state index in [1.807, 2.05) is 19.2 Å². The van der Waals surface area contributed by atoms with Gasteiger partial charge in [0.15, 0.2) is 0 Å². The van der Waals surface area contributed by atoms with Crippen molar-refractivity contribution in [1.29, 1.82) is 0 Å². The number of nitrogens with zero attached hydrogens (tertiary/aromatic N) is 1. The van der Waals surface area contributed by atoms with E-state index < -0.39 is 6.10 Å². The van der Waals surface area contributed by atoms with Crippen molar-refractivity contribution in [1.82, 2.24) is 20.5 Å². The van der Waals surface area contributed by atoms with Crippen molar-refractivity contribution in [2.45, 2.75) is 71.1 Å². The van der Waals surface area contributed by atoms with Crippen LogP contribution in [0.15, 0.2) is 36.2 Å². The number of hydrogen-bond donors (Lipinski definition) is 4. The lowest BCUT2D eigenvalue weighted by molar-refractivity contribution is -0.140. The number of aromatic amines is 1. The molecule has 4 N–H and O–H groups in total. The van der Waals surface area contributed by atoms with Crippen LogP contribution in [0.25, 0.3) is 5.57 Å². The normalized spacial score (nSPS) is 20.8. The summed E-state index contributed by atoms with van der Waals surface area (Å²) in [6.45, 7) is 7.39. The topological polar surface area (TPSA) is 107 Å². The lowest BCUT2D eigenvalue weighted by atomic mass is 9.89. The molecule has 0 radical (unpaired) electrons. The van der Waals surface area contributed by atoms with Crippen LogP contribution in [-0.4, -0.2) is 58.6 Å². The van der Waals surface area contributed by atoms with Gasteiger partial charge in [0, 0.05) is 42.2 Å². The van der Waals surface area contributed by atoms with Crippen LogP contribution < -0.4 is 15.4 Å². The Morgan fingerprint density at radius 3 is 2.59 bits per heavy atom. The van der Waals surface area contributed by atoms with Crippen LogP contribution >= 0.6 is 0 Å². The number of allylic oxidation sites excluding steroid dienone is 1. The Labute approximate surface area is 218 Å². The number of carbonyl (C=O) groups excluding carboxylic acids is 2. The van der Waals surface area contributed by atoms with Crippen LogP contribution in [0.2, 0.25) is 0 Å². The van der Waals surface area contributed by atoms with E-state index in [-0.39, 0.29) is 23.9 Å². The molecule has 2 aromatic rings. The van der Waals surface area contributed by atoms with Gasteiger partial charge in [0.2, 0.25) is 0 Å². The van der Waals surface area contributed by atoms with Crippen molar-refractivity contribution in [3.63, 3.8) is 0 Å². The summed E-state index contributed by atoms with van der Waals surface area (Å²) in [5, 5.41) is 16.4. The van der Waals surface area contributed by atoms with Gasteiger partial charge in [-0.15, -0.1) is 0 Å². The molecule has 5 rings (SSSR count). The van der Waals surface area contributed by atoms with Crippen molar-refractivity contribution in [2.75, 3.05) is 19.7 Å². The second-order valence-electron chi connectivity index (χ2n) is 10.6. The zero-order valence-electron chi connectivity index (χ0n) is 22.0. The molecule has 8 heteroatoms. The lowest BCUT2D eigenvalue weighted by Gasteiger charge is -2.34. The maximum absolute atomic E-state index is 13.5. The molecule has 1 saturated carbocycles. The molecule has 2 atom stereocenters. The zero-order valence-corrected chi connectivity index (χ0v) is 22.0. The minimum atomic E-state index is -0.996. The highest BCUT2D eigenvalue weighted by Crippen LogP contribution is 2.40. The summed E-state index contributed by atoms with van der Waals surface area (Å²) in [5.41, 5.74) is 5.63. The van der Waals surface area contributed by atoms with Gasteiger partial charge >= 0.3 is 0 Å². The summed E-state index contributed by atoms with van der Waals surface area (Å²) in [6, 6.07) is 8.33. The van der Waals surface area contributed by atoms with E-state index in [2.05, 4.69) is 40.7 Å². The Bertz CT molecular complexity index is 1190. The second-order valence-corrected chi connectivity index (χ2v) is 10.6. The van der Waals surface area contributed by atoms with E-state index in [0.29, 0.717) is 37.4 Å². The van der Waals surface area contributed by atoms with Gasteiger partial charge in [0.1, 0.15) is 11.9 Å². The number of amides is 2. The van der Waals surface area contributed by atoms with Crippen molar-refractivity contribution in [2.24, 2.45) is 5.92 Å². The van der Waals surface area contributed by atoms with Gasteiger partial charge in [0.25, 0.3) is 11.8 Å². The molecule has 2 fully saturated rings. The van der Waals surface area contributed by atoms with Crippen molar-refractivity contribution in [3.8, 4) is 5.75 Å². The number of fused-ring (bicyclic) bond motifs is 1. The van der Waals surface area contributed by atoms with Crippen molar-refractivity contribution in [3.05, 3.63) is 58.5 Å². The van der Waals surface area contributed by atoms with Gasteiger partial charge in [0.05, 0.1) is 23.9 Å². The molecule has 3 heterocycles. The molecular formula is C29H38N4O4. The first kappa shape index (κ1) is 25.4. The van der Waals surface area contributed by atoms with E-state index in [1.165, 1.54) is 25.3 Å². The van der Waals surface area contributed by atoms with E-state index in [0.717, 1.165) is 41.3 Å². The Kier molecular flexibility index (Phi) is 7.29. The highest BCUT2D eigenvalue weighted by Gasteiger charge is 2.34. The first-order valence-corrected chi connectivity index (χ1v) is 13.5. The summed E-state index contributed by atoms with van der Waals surface area (Å²) in [5.74, 6) is 1.18. The van der Waals surface area contributed by atoms with E-state index in [1.54, 1.807) is 4.90 Å². The number of piperidine rings is 1. The fourth-order valence-corrected chi connectivity index (χ4v) is 5.35. The monoisotopic (exact) mass is 506 g/mol. The van der Waals surface area contributed by atoms with Gasteiger partial charge in [-0.2, -0.15) is 0 Å². The summed E-state index contributed by atoms with van der Waals surface area (Å²) >= 11 is 0. The quantitative estimate of drug-likeness (QED) is 0.440. The van der Waals surface area contributed by atoms with Crippen LogP contribution in [0, 0.1) is 5.92 Å². The van der Waals surface area contributed by atoms with Gasteiger partial charge in [-0.25, -0.2) is 0 Å². The van der Waals surface area contributed by atoms with Crippen molar-refractivity contribution < 1.29 is 19.4 Å². The van der Waals surface area contributed by atoms with E-state index >= 15 is 0 Å². The highest BCUT2D eigenvalue weighted by molar-refractivity contribution is 6.20. The van der Waals surface area contributed by atoms with Gasteiger partial charge in [-0.1, -0.05) is 13.0 Å². The number of aliphatic hydroxyl groups excluding tert-OH is 1. The van der Waals surface area contributed by atoms with Gasteiger partial charge in [-0.3, -0.25) is 9.59 Å². The second kappa shape index (κ2) is 10.6. The number of ether oxygens (including phenoxy) is 1. The fraction of sp³-hybridized carbons (Fsp3) is 0.517. The first-order chi connectivity index (χ1) is 17.9. The first-order valence-electron chi connectivity index (χ1n) is 13.5. The Morgan fingerprint density at radius 1 is 1.16 bits per heavy atom. The number of hydrogen-bond acceptors (Lipinski definition) is 5. The molecular weight excluding hydrogens is 468 g/mol. The third kappa shape index (κ3) is 5.39. The number of benzene rings is 1. The Balaban J connectivity index is 1.34. The standard InChI is InChI=1S/C29H38N4O4/c1-4-19-7-8-24(37-16-20-5-6-20)23(15-19)26-22-9-12-30-27(22)25(17(2)31-26)28(35)32-21-10-13-33(14-11-21)29(36)18(3)34/h7-9,12,15,18,20-21,26,30-31,34H,4-6,10-11,13-14,16H2,1-3H3,(H,32,35)/t18-,26?/m0/s1. The molecule has 1 unspecified atom stereocenters. The number of aromatic nitrogens is 1. The number of H-pyrrole nitrogens is 1. The largest absolute Gasteiger partial charge is 0.493 e. The lowest BCUT2D eigenvalue weighted by Crippen LogP contribution is -2.49. The molecule has 2 amide bonds. The Hall–Kier alpha value is -3.26. The van der Waals surface area contributed by atoms with Crippen LogP contribution in [0.1, 0.15) is 74.9 Å². The zero-order chi connectivity index (χ0) is 26.1. The highest BCUT2D eigenvalue weighted by atomic mass is 16.5. The number of likely N-dealkylation sites (tertiary alicyclic amines) is 1. The van der Waals surface area contributed by atoms with Crippen molar-refractivity contribution >= 4 is 17.4 Å². The summed E-state index contributed by atoms with van der Waals surface area (Å²) in [7, 11) is 0. The number of nitrogens with one attached hydrogen (secondary N) is 3. The molecule has 0 bridgehead atoms. The smallest absolute Gasteiger partial charge is 0.255 e. The van der Waals surface area contributed by atoms with Gasteiger partial charge < -0.3 is 30.4 Å². The molecule has 1 aliphatic carbocycles. The maximum Gasteiger partial charge on any atom is 0.255 e. The van der Waals surface area contributed by atoms with Crippen LogP contribution in [-0.2, 0) is 16.0 Å². The van der Waals surface area contributed by atoms with Gasteiger partial charge in [-0.05, 0) is 75.6 Å². The average molecular weight is 507 g/mol. The molecule has 1 aromatic carbocycles. The average Bonchev–Trinajstić information content (AvgIpc) is 3.61. The van der Waals surface area contributed by atoms with Crippen LogP contribution in [0.3, 0.4) is 0 Å². The third-order valence-electron chi connectivity index (χ3n) is 7.77. The molecule has 1 saturated heterocycles. The molecule has 1 aromatic heterocycles. The van der Waals surface area contributed by atoms with Crippen LogP contribution in [0.5, 0.6) is 5.75 Å². The molecule has 3 aliphatic rings. The number of aliphatic hydroxyl groups is 1. The third-order valence-corrected chi connectivity index (χ3v) is 7.77. The van der Waals surface area contributed by atoms with E-state index in [9.17, 15) is 14.7 Å². The molecule has 37 heavy (non-hydrogen) atoms. The molecule has 0 spiro atoms. The predicted octanol–water partition coefficient (Wildman–Crippen LogP) is 3.28. The molecule has 2 aliphatic heterocycles. The minimum absolute atomic E-state index is 0.0225. The summed E-state index contributed by atoms with van der Waals surface area (Å²) in [6.07, 6.45) is 5.63. The summed E-state index contributed by atoms with van der Waals surface area (Å²) in [4.78, 5) is 30.5. The fourth-order valence-electron chi connectivity index (χ4n) is 5.35. The predicted molar refractivity (Wildman–Crippen MR) is 142 cm³/mol. The number of rotatable bonds is 8. The number of carbonyl (C=O) groups is 2. The molecule has 8 nitrogen and oxygen atoms in total. The maximum atomic E-state index is 13.5. The SMILES string of the molecule is CCc1ccc(OCC2CC2)c(C2NC(C)=C(C(=O)NC3CCN(C(=O)[C@H](C)O)CC3)c3[nH]ccc32)c1. The van der Waals surface area contributed by atoms with E-state index in [4.69, 9.17) is 4.74 Å². The van der Waals surface area contributed by atoms with Crippen LogP contribution in [0.4, 0.5) is 0 Å². The molecule has 198 valence electrons.